The van der Waals surface area contributed by atoms with Crippen LogP contribution in [-0.2, 0) is 126 Å². The highest BCUT2D eigenvalue weighted by Gasteiger charge is 2.59. The molecule has 0 aromatic rings. The van der Waals surface area contributed by atoms with E-state index in [2.05, 4.69) is 16.7 Å². The summed E-state index contributed by atoms with van der Waals surface area (Å²) in [7, 11) is -33.4. The van der Waals surface area contributed by atoms with E-state index in [1.54, 1.807) is 0 Å². The van der Waals surface area contributed by atoms with Crippen molar-refractivity contribution in [3.05, 3.63) is 0 Å². The van der Waals surface area contributed by atoms with Crippen LogP contribution in [0.25, 0.3) is 0 Å². The van der Waals surface area contributed by atoms with Crippen LogP contribution >= 0.6 is 0 Å². The van der Waals surface area contributed by atoms with Gasteiger partial charge in [-0.15, -0.1) is 0 Å². The minimum absolute atomic E-state index is 0.766. The van der Waals surface area contributed by atoms with Crippen molar-refractivity contribution in [1.82, 2.24) is 9.44 Å². The number of aliphatic carboxylic acids is 2. The van der Waals surface area contributed by atoms with E-state index in [4.69, 9.17) is 42.4 Å². The third kappa shape index (κ3) is 17.3. The average molecular weight is 1190 g/mol. The maximum Gasteiger partial charge on any atom is 0.397 e. The van der Waals surface area contributed by atoms with Gasteiger partial charge in [-0.05, 0) is 0 Å². The number of hydrogen-bond acceptors (Lipinski definition) is 31. The van der Waals surface area contributed by atoms with Crippen molar-refractivity contribution in [2.75, 3.05) is 20.3 Å². The Bertz CT molecular complexity index is 2600. The van der Waals surface area contributed by atoms with Gasteiger partial charge in [0.05, 0.1) is 13.2 Å². The van der Waals surface area contributed by atoms with Crippen molar-refractivity contribution >= 4 is 74.1 Å². The number of carboxylic acids is 2. The molecular formula is C25H42N2O39S6. The van der Waals surface area contributed by atoms with E-state index in [1.807, 2.05) is 0 Å². The van der Waals surface area contributed by atoms with Crippen molar-refractivity contribution in [2.45, 2.75) is 123 Å². The molecule has 0 amide bonds. The highest BCUT2D eigenvalue weighted by molar-refractivity contribution is 7.84. The van der Waals surface area contributed by atoms with E-state index >= 15 is 0 Å². The second kappa shape index (κ2) is 23.5. The predicted molar refractivity (Wildman–Crippen MR) is 206 cm³/mol. The number of methoxy groups -OCH3 is 1. The molecule has 0 spiro atoms. The van der Waals surface area contributed by atoms with E-state index in [0.29, 0.717) is 0 Å². The molecule has 4 aliphatic heterocycles. The summed E-state index contributed by atoms with van der Waals surface area (Å²) in [6.45, 7) is -3.32. The van der Waals surface area contributed by atoms with Gasteiger partial charge in [0.25, 0.3) is 0 Å². The number of aliphatic hydroxyl groups excluding tert-OH is 5. The van der Waals surface area contributed by atoms with Crippen LogP contribution in [0.1, 0.15) is 0 Å². The third-order valence-electron chi connectivity index (χ3n) is 9.83. The Morgan fingerprint density at radius 3 is 1.35 bits per heavy atom. The third-order valence-corrected chi connectivity index (χ3v) is 12.8. The highest BCUT2D eigenvalue weighted by Crippen LogP contribution is 2.36. The van der Waals surface area contributed by atoms with Gasteiger partial charge in [0, 0.05) is 7.11 Å². The molecule has 47 heteroatoms. The SMILES string of the molecule is COC1C(C(=O)O)OC(OC2C(COS(=O)(=O)O)OC(OC3C(C(=O)O)OC(OC4C(COS(=O)(=O)O)OC(O)C(NS(=O)(=O)O)C4OS(=O)(=O)O)C(O)C3O)C(NS(=O)(=O)O)C2O)C(OS(=O)(=O)O)C1O. The van der Waals surface area contributed by atoms with Crippen LogP contribution in [0.5, 0.6) is 0 Å². The molecule has 0 saturated carbocycles. The van der Waals surface area contributed by atoms with Crippen LogP contribution in [0, 0.1) is 0 Å². The molecule has 72 heavy (non-hydrogen) atoms. The van der Waals surface area contributed by atoms with E-state index in [0.717, 1.165) is 7.11 Å². The molecule has 15 N–H and O–H groups in total. The van der Waals surface area contributed by atoms with Crippen molar-refractivity contribution in [1.29, 1.82) is 0 Å². The first-order valence-corrected chi connectivity index (χ1v) is 27.0. The highest BCUT2D eigenvalue weighted by atomic mass is 32.3. The minimum atomic E-state index is -5.92. The Morgan fingerprint density at radius 1 is 0.458 bits per heavy atom. The van der Waals surface area contributed by atoms with Gasteiger partial charge in [0.1, 0.15) is 79.2 Å². The van der Waals surface area contributed by atoms with Gasteiger partial charge in [-0.1, -0.05) is 0 Å². The molecule has 4 aliphatic rings. The zero-order valence-corrected chi connectivity index (χ0v) is 39.7. The molecule has 20 atom stereocenters. The van der Waals surface area contributed by atoms with Crippen molar-refractivity contribution in [3.8, 4) is 0 Å². The van der Waals surface area contributed by atoms with Crippen LogP contribution in [0.4, 0.5) is 0 Å². The quantitative estimate of drug-likeness (QED) is 0.0423. The lowest BCUT2D eigenvalue weighted by Gasteiger charge is -2.49. The van der Waals surface area contributed by atoms with Gasteiger partial charge < -0.3 is 73.6 Å². The summed E-state index contributed by atoms with van der Waals surface area (Å²) in [4.78, 5) is 24.7. The van der Waals surface area contributed by atoms with E-state index in [-0.39, 0.29) is 0 Å². The molecule has 0 aromatic heterocycles. The second-order valence-corrected chi connectivity index (χ2v) is 21.4. The molecule has 0 bridgehead atoms. The molecule has 4 rings (SSSR count). The lowest BCUT2D eigenvalue weighted by atomic mass is 9.94. The molecule has 4 saturated heterocycles. The van der Waals surface area contributed by atoms with Crippen LogP contribution in [0.2, 0.25) is 0 Å². The summed E-state index contributed by atoms with van der Waals surface area (Å²) < 4.78 is 259. The maximum atomic E-state index is 12.7. The normalized spacial score (nSPS) is 38.8. The van der Waals surface area contributed by atoms with Gasteiger partial charge in [-0.25, -0.2) is 26.3 Å². The van der Waals surface area contributed by atoms with E-state index < -0.39 is 210 Å². The number of hydrogen-bond donors (Lipinski definition) is 15. The Hall–Kier alpha value is -2.36. The Kier molecular flexibility index (Phi) is 20.3. The van der Waals surface area contributed by atoms with Crippen LogP contribution in [0.3, 0.4) is 0 Å². The largest absolute Gasteiger partial charge is 0.479 e. The maximum absolute atomic E-state index is 12.7. The standard InChI is InChI=1S/C25H42N2O39S6/c1-55-15-11(31)17(66-72(52,53)54)25(64-18(15)20(32)33)60-12-4(2-56-69(43,44)45)59-23(6(8(12)28)26-67(37,38)39)62-16-9(29)10(30)24(63-19(16)21(34)35)61-13-5(3-57-70(46,47)48)58-22(36)7(27-68(40,41)42)14(13)65-71(49,50)51/h4-19,22-31,36H,2-3H2,1H3,(H,32,33)(H,34,35)(H,37,38,39)(H,40,41,42)(H,43,44,45)(H,46,47,48)(H,49,50,51)(H,52,53,54). The Labute approximate surface area is 403 Å². The van der Waals surface area contributed by atoms with Crippen molar-refractivity contribution in [2.24, 2.45) is 0 Å². The number of aliphatic hydroxyl groups is 5. The molecule has 0 aromatic carbocycles. The lowest BCUT2D eigenvalue weighted by Crippen LogP contribution is -2.70. The second-order valence-electron chi connectivity index (χ2n) is 14.7. The fourth-order valence-electron chi connectivity index (χ4n) is 7.12. The molecule has 0 radical (unpaired) electrons. The van der Waals surface area contributed by atoms with Gasteiger partial charge in [0.2, 0.25) is 0 Å². The summed E-state index contributed by atoms with van der Waals surface area (Å²) in [6, 6.07) is -5.45. The van der Waals surface area contributed by atoms with Gasteiger partial charge in [-0.3, -0.25) is 27.3 Å². The molecule has 0 aliphatic carbocycles. The molecule has 4 heterocycles. The number of carbonyl (C=O) groups is 2. The molecule has 422 valence electrons. The predicted octanol–water partition coefficient (Wildman–Crippen LogP) is -10.8. The fourth-order valence-corrected chi connectivity index (χ4v) is 9.91. The van der Waals surface area contributed by atoms with Crippen molar-refractivity contribution < 1.29 is 178 Å². The monoisotopic (exact) mass is 1190 g/mol. The molecular weight excluding hydrogens is 1140 g/mol. The van der Waals surface area contributed by atoms with Crippen molar-refractivity contribution in [3.63, 3.8) is 0 Å². The topological polar surface area (TPSA) is 637 Å². The summed E-state index contributed by atoms with van der Waals surface area (Å²) in [5.74, 6) is -4.33. The number of ether oxygens (including phenoxy) is 8. The van der Waals surface area contributed by atoms with Crippen LogP contribution in [-0.4, -0.2) is 269 Å². The zero-order chi connectivity index (χ0) is 55.0. The first-order valence-electron chi connectivity index (χ1n) is 18.6. The van der Waals surface area contributed by atoms with Gasteiger partial charge in [-0.2, -0.15) is 60.0 Å². The first kappa shape index (κ1) is 62.2. The molecule has 20 unspecified atom stereocenters. The number of rotatable bonds is 23. The van der Waals surface area contributed by atoms with Gasteiger partial charge >= 0.3 is 74.1 Å². The van der Waals surface area contributed by atoms with E-state index in [1.165, 1.54) is 9.44 Å². The van der Waals surface area contributed by atoms with Crippen LogP contribution in [0.15, 0.2) is 0 Å². The zero-order valence-electron chi connectivity index (χ0n) is 34.8. The molecule has 4 fully saturated rings. The first-order chi connectivity index (χ1) is 32.6. The summed E-state index contributed by atoms with van der Waals surface area (Å²) in [5.41, 5.74) is 0. The fraction of sp³-hybridized carbons (Fsp3) is 0.920. The minimum Gasteiger partial charge on any atom is -0.479 e. The number of nitrogens with one attached hydrogen (secondary N) is 2. The Morgan fingerprint density at radius 2 is 0.889 bits per heavy atom. The van der Waals surface area contributed by atoms with E-state index in [9.17, 15) is 119 Å². The smallest absolute Gasteiger partial charge is 0.397 e. The Balaban J connectivity index is 1.77. The summed E-state index contributed by atoms with van der Waals surface area (Å²) in [5, 5.41) is 75.2. The van der Waals surface area contributed by atoms with Gasteiger partial charge in [0.15, 0.2) is 43.5 Å². The average Bonchev–Trinajstić information content (AvgIpc) is 3.19. The lowest BCUT2D eigenvalue weighted by molar-refractivity contribution is -0.369. The summed E-state index contributed by atoms with van der Waals surface area (Å²) >= 11 is 0. The number of carboxylic acid groups (broad SMARTS) is 2. The summed E-state index contributed by atoms with van der Waals surface area (Å²) in [6.07, 6.45) is -48.5. The van der Waals surface area contributed by atoms with Crippen LogP contribution < -0.4 is 9.44 Å². The molecule has 41 nitrogen and oxygen atoms in total.